The summed E-state index contributed by atoms with van der Waals surface area (Å²) >= 11 is 5.95. The minimum absolute atomic E-state index is 0.268. The predicted molar refractivity (Wildman–Crippen MR) is 121 cm³/mol. The maximum absolute atomic E-state index is 12.3. The zero-order valence-electron chi connectivity index (χ0n) is 16.1. The van der Waals surface area contributed by atoms with Crippen molar-refractivity contribution in [2.45, 2.75) is 6.61 Å². The summed E-state index contributed by atoms with van der Waals surface area (Å²) in [5.74, 6) is 0.414. The van der Waals surface area contributed by atoms with Crippen LogP contribution in [0.1, 0.15) is 21.5 Å². The average molecular weight is 415 g/mol. The van der Waals surface area contributed by atoms with Crippen LogP contribution in [-0.2, 0) is 6.61 Å². The number of halogens is 1. The molecule has 5 heteroatoms. The Kier molecular flexibility index (Phi) is 6.06. The summed E-state index contributed by atoms with van der Waals surface area (Å²) in [5, 5.41) is 6.91. The summed E-state index contributed by atoms with van der Waals surface area (Å²) in [6, 6.07) is 28.4. The van der Waals surface area contributed by atoms with Crippen molar-refractivity contribution in [3.05, 3.63) is 113 Å². The van der Waals surface area contributed by atoms with Crippen molar-refractivity contribution >= 4 is 34.5 Å². The summed E-state index contributed by atoms with van der Waals surface area (Å²) in [7, 11) is 0. The zero-order chi connectivity index (χ0) is 20.8. The molecule has 0 heterocycles. The van der Waals surface area contributed by atoms with E-state index < -0.39 is 0 Å². The van der Waals surface area contributed by atoms with Gasteiger partial charge in [-0.05, 0) is 46.7 Å². The summed E-state index contributed by atoms with van der Waals surface area (Å²) in [6.45, 7) is 0.396. The molecule has 1 amide bonds. The normalized spacial score (nSPS) is 11.0. The largest absolute Gasteiger partial charge is 0.488 e. The van der Waals surface area contributed by atoms with Crippen LogP contribution >= 0.6 is 11.6 Å². The van der Waals surface area contributed by atoms with E-state index in [9.17, 15) is 4.79 Å². The van der Waals surface area contributed by atoms with Gasteiger partial charge in [-0.25, -0.2) is 5.43 Å². The number of fused-ring (bicyclic) bond motifs is 1. The molecule has 0 saturated carbocycles. The number of rotatable bonds is 6. The molecular formula is C25H19ClN2O2. The maximum atomic E-state index is 12.3. The Morgan fingerprint density at radius 2 is 1.63 bits per heavy atom. The number of amides is 1. The molecule has 0 spiro atoms. The quantitative estimate of drug-likeness (QED) is 0.318. The molecule has 1 N–H and O–H groups in total. The van der Waals surface area contributed by atoms with Gasteiger partial charge in [0.1, 0.15) is 12.4 Å². The lowest BCUT2D eigenvalue weighted by Gasteiger charge is -2.12. The molecule has 30 heavy (non-hydrogen) atoms. The minimum atomic E-state index is -0.268. The average Bonchev–Trinajstić information content (AvgIpc) is 2.80. The number of hydrogen-bond donors (Lipinski definition) is 1. The molecule has 148 valence electrons. The zero-order valence-corrected chi connectivity index (χ0v) is 16.8. The van der Waals surface area contributed by atoms with Crippen molar-refractivity contribution in [1.29, 1.82) is 0 Å². The summed E-state index contributed by atoms with van der Waals surface area (Å²) < 4.78 is 6.07. The summed E-state index contributed by atoms with van der Waals surface area (Å²) in [6.07, 6.45) is 1.63. The van der Waals surface area contributed by atoms with Crippen molar-refractivity contribution < 1.29 is 9.53 Å². The van der Waals surface area contributed by atoms with Gasteiger partial charge in [0, 0.05) is 16.1 Å². The predicted octanol–water partition coefficient (Wildman–Crippen LogP) is 5.84. The molecule has 0 saturated heterocycles. The van der Waals surface area contributed by atoms with E-state index in [1.165, 1.54) is 0 Å². The van der Waals surface area contributed by atoms with Gasteiger partial charge in [-0.3, -0.25) is 4.79 Å². The Bertz CT molecular complexity index is 1190. The van der Waals surface area contributed by atoms with Crippen molar-refractivity contribution in [1.82, 2.24) is 5.43 Å². The van der Waals surface area contributed by atoms with Gasteiger partial charge in [0.15, 0.2) is 0 Å². The van der Waals surface area contributed by atoms with Crippen LogP contribution in [0.3, 0.4) is 0 Å². The monoisotopic (exact) mass is 414 g/mol. The minimum Gasteiger partial charge on any atom is -0.488 e. The van der Waals surface area contributed by atoms with E-state index >= 15 is 0 Å². The molecule has 0 aliphatic heterocycles. The standard InChI is InChI=1S/C25H19ClN2O2/c26-21-13-10-18(11-14-21)17-30-24-15-12-19-6-4-5-9-22(19)23(24)16-27-28-25(29)20-7-2-1-3-8-20/h1-16H,17H2,(H,28,29)/b27-16-. The van der Waals surface area contributed by atoms with E-state index in [1.54, 1.807) is 18.3 Å². The first-order chi connectivity index (χ1) is 14.7. The third kappa shape index (κ3) is 4.67. The lowest BCUT2D eigenvalue weighted by molar-refractivity contribution is 0.0955. The van der Waals surface area contributed by atoms with Gasteiger partial charge >= 0.3 is 0 Å². The molecule has 4 aromatic rings. The SMILES string of the molecule is O=C(N/N=C\c1c(OCc2ccc(Cl)cc2)ccc2ccccc12)c1ccccc1. The smallest absolute Gasteiger partial charge is 0.271 e. The van der Waals surface area contributed by atoms with E-state index in [1.807, 2.05) is 78.9 Å². The van der Waals surface area contributed by atoms with Crippen LogP contribution in [0.4, 0.5) is 0 Å². The Morgan fingerprint density at radius 1 is 0.900 bits per heavy atom. The van der Waals surface area contributed by atoms with Gasteiger partial charge < -0.3 is 4.74 Å². The Labute approximate surface area is 179 Å². The van der Waals surface area contributed by atoms with Gasteiger partial charge in [-0.15, -0.1) is 0 Å². The first-order valence-corrected chi connectivity index (χ1v) is 9.86. The molecule has 0 atom stereocenters. The molecule has 4 nitrogen and oxygen atoms in total. The van der Waals surface area contributed by atoms with E-state index in [4.69, 9.17) is 16.3 Å². The Hall–Kier alpha value is -3.63. The van der Waals surface area contributed by atoms with Crippen LogP contribution in [0.25, 0.3) is 10.8 Å². The Morgan fingerprint density at radius 3 is 2.43 bits per heavy atom. The van der Waals surface area contributed by atoms with Gasteiger partial charge in [0.05, 0.1) is 6.21 Å². The van der Waals surface area contributed by atoms with Gasteiger partial charge in [0.2, 0.25) is 0 Å². The molecule has 4 aromatic carbocycles. The Balaban J connectivity index is 1.58. The van der Waals surface area contributed by atoms with Crippen LogP contribution in [0.2, 0.25) is 5.02 Å². The number of ether oxygens (including phenoxy) is 1. The number of carbonyl (C=O) groups is 1. The second kappa shape index (κ2) is 9.25. The third-order valence-electron chi connectivity index (χ3n) is 4.63. The second-order valence-electron chi connectivity index (χ2n) is 6.68. The van der Waals surface area contributed by atoms with E-state index in [0.29, 0.717) is 22.9 Å². The molecule has 4 rings (SSSR count). The molecule has 0 fully saturated rings. The van der Waals surface area contributed by atoms with Gasteiger partial charge in [-0.1, -0.05) is 72.3 Å². The van der Waals surface area contributed by atoms with Crippen LogP contribution in [0.15, 0.2) is 96.1 Å². The molecule has 0 radical (unpaired) electrons. The molecule has 0 unspecified atom stereocenters. The highest BCUT2D eigenvalue weighted by Gasteiger charge is 2.08. The lowest BCUT2D eigenvalue weighted by atomic mass is 10.0. The van der Waals surface area contributed by atoms with E-state index in [-0.39, 0.29) is 5.91 Å². The van der Waals surface area contributed by atoms with E-state index in [0.717, 1.165) is 21.9 Å². The summed E-state index contributed by atoms with van der Waals surface area (Å²) in [5.41, 5.74) is 4.94. The third-order valence-corrected chi connectivity index (χ3v) is 4.89. The van der Waals surface area contributed by atoms with Gasteiger partial charge in [0.25, 0.3) is 5.91 Å². The van der Waals surface area contributed by atoms with Crippen LogP contribution in [0, 0.1) is 0 Å². The first kappa shape index (κ1) is 19.7. The van der Waals surface area contributed by atoms with Gasteiger partial charge in [-0.2, -0.15) is 5.10 Å². The number of nitrogens with one attached hydrogen (secondary N) is 1. The number of hydrogen-bond acceptors (Lipinski definition) is 3. The highest BCUT2D eigenvalue weighted by atomic mass is 35.5. The number of carbonyl (C=O) groups excluding carboxylic acids is 1. The van der Waals surface area contributed by atoms with Crippen LogP contribution in [0.5, 0.6) is 5.75 Å². The highest BCUT2D eigenvalue weighted by molar-refractivity contribution is 6.30. The van der Waals surface area contributed by atoms with Crippen LogP contribution in [-0.4, -0.2) is 12.1 Å². The fraction of sp³-hybridized carbons (Fsp3) is 0.0400. The molecule has 0 aromatic heterocycles. The van der Waals surface area contributed by atoms with Crippen LogP contribution < -0.4 is 10.2 Å². The number of hydrazone groups is 1. The first-order valence-electron chi connectivity index (χ1n) is 9.48. The fourth-order valence-electron chi connectivity index (χ4n) is 3.09. The fourth-order valence-corrected chi connectivity index (χ4v) is 3.21. The van der Waals surface area contributed by atoms with Crippen molar-refractivity contribution in [2.24, 2.45) is 5.10 Å². The number of benzene rings is 4. The lowest BCUT2D eigenvalue weighted by Crippen LogP contribution is -2.17. The van der Waals surface area contributed by atoms with Crippen molar-refractivity contribution in [3.63, 3.8) is 0 Å². The molecular weight excluding hydrogens is 396 g/mol. The summed E-state index contributed by atoms with van der Waals surface area (Å²) in [4.78, 5) is 12.3. The molecule has 0 aliphatic rings. The van der Waals surface area contributed by atoms with E-state index in [2.05, 4.69) is 10.5 Å². The molecule has 0 aliphatic carbocycles. The molecule has 0 bridgehead atoms. The highest BCUT2D eigenvalue weighted by Crippen LogP contribution is 2.27. The topological polar surface area (TPSA) is 50.7 Å². The maximum Gasteiger partial charge on any atom is 0.271 e. The van der Waals surface area contributed by atoms with Crippen molar-refractivity contribution in [2.75, 3.05) is 0 Å². The number of nitrogens with zero attached hydrogens (tertiary/aromatic N) is 1. The van der Waals surface area contributed by atoms with Crippen molar-refractivity contribution in [3.8, 4) is 5.75 Å². The second-order valence-corrected chi connectivity index (χ2v) is 7.12.